The molecule has 19 heavy (non-hydrogen) atoms. The minimum absolute atomic E-state index is 0.488. The zero-order chi connectivity index (χ0) is 13.8. The second kappa shape index (κ2) is 5.99. The number of hydrogen-bond acceptors (Lipinski definition) is 2. The molecule has 98 valence electrons. The van der Waals surface area contributed by atoms with Gasteiger partial charge in [0.25, 0.3) is 0 Å². The van der Waals surface area contributed by atoms with Crippen LogP contribution in [0.15, 0.2) is 36.5 Å². The van der Waals surface area contributed by atoms with E-state index in [1.54, 1.807) is 6.20 Å². The number of anilines is 2. The van der Waals surface area contributed by atoms with Gasteiger partial charge in [-0.1, -0.05) is 23.7 Å². The van der Waals surface area contributed by atoms with Crippen LogP contribution >= 0.6 is 23.8 Å². The van der Waals surface area contributed by atoms with Gasteiger partial charge in [-0.3, -0.25) is 0 Å². The second-order valence-electron chi connectivity index (χ2n) is 4.21. The molecule has 0 aliphatic carbocycles. The Labute approximate surface area is 123 Å². The molecule has 1 aromatic carbocycles. The lowest BCUT2D eigenvalue weighted by molar-refractivity contribution is 1.27. The largest absolute Gasteiger partial charge is 0.332 e. The normalized spacial score (nSPS) is 10.1. The molecule has 0 spiro atoms. The Kier molecular flexibility index (Phi) is 4.35. The summed E-state index contributed by atoms with van der Waals surface area (Å²) in [6.07, 6.45) is 1.72. The summed E-state index contributed by atoms with van der Waals surface area (Å²) in [4.78, 5) is 4.23. The Hall–Kier alpha value is -1.65. The molecule has 0 saturated carbocycles. The fraction of sp³-hybridized carbons (Fsp3) is 0.143. The molecular formula is C14H14ClN3S. The molecule has 5 heteroatoms. The molecule has 1 aromatic heterocycles. The van der Waals surface area contributed by atoms with E-state index in [4.69, 9.17) is 23.8 Å². The molecule has 0 aliphatic heterocycles. The third-order valence-electron chi connectivity index (χ3n) is 2.67. The molecule has 0 bridgehead atoms. The zero-order valence-electron chi connectivity index (χ0n) is 10.7. The molecule has 0 fully saturated rings. The van der Waals surface area contributed by atoms with E-state index in [0.29, 0.717) is 10.1 Å². The summed E-state index contributed by atoms with van der Waals surface area (Å²) in [6, 6.07) is 9.58. The molecule has 2 rings (SSSR count). The highest BCUT2D eigenvalue weighted by atomic mass is 35.5. The van der Waals surface area contributed by atoms with E-state index in [-0.39, 0.29) is 0 Å². The summed E-state index contributed by atoms with van der Waals surface area (Å²) in [6.45, 7) is 3.93. The number of benzene rings is 1. The molecule has 2 N–H and O–H groups in total. The van der Waals surface area contributed by atoms with Crippen molar-refractivity contribution in [2.75, 3.05) is 10.6 Å². The van der Waals surface area contributed by atoms with Crippen LogP contribution in [0.5, 0.6) is 0 Å². The third kappa shape index (κ3) is 3.66. The van der Waals surface area contributed by atoms with E-state index in [0.717, 1.165) is 22.6 Å². The van der Waals surface area contributed by atoms with Gasteiger partial charge in [0.15, 0.2) is 5.11 Å². The van der Waals surface area contributed by atoms with Crippen molar-refractivity contribution in [3.63, 3.8) is 0 Å². The maximum Gasteiger partial charge on any atom is 0.176 e. The highest BCUT2D eigenvalue weighted by Crippen LogP contribution is 2.20. The molecule has 1 heterocycles. The van der Waals surface area contributed by atoms with Crippen molar-refractivity contribution >= 4 is 40.4 Å². The first-order valence-corrected chi connectivity index (χ1v) is 6.60. The smallest absolute Gasteiger partial charge is 0.176 e. The number of nitrogens with one attached hydrogen (secondary N) is 2. The lowest BCUT2D eigenvalue weighted by Gasteiger charge is -2.12. The lowest BCUT2D eigenvalue weighted by atomic mass is 10.2. The summed E-state index contributed by atoms with van der Waals surface area (Å²) >= 11 is 11.3. The Balaban J connectivity index is 2.05. The standard InChI is InChI=1S/C14H14ClN3S/c1-9-5-6-11(8-12(9)15)17-14(19)18-13-10(2)4-3-7-16-13/h3-8H,1-2H3,(H2,16,17,18,19). The van der Waals surface area contributed by atoms with Crippen molar-refractivity contribution in [3.8, 4) is 0 Å². The molecule has 0 amide bonds. The van der Waals surface area contributed by atoms with Gasteiger partial charge >= 0.3 is 0 Å². The number of halogens is 1. The van der Waals surface area contributed by atoms with Gasteiger partial charge in [-0.25, -0.2) is 4.98 Å². The zero-order valence-corrected chi connectivity index (χ0v) is 12.3. The van der Waals surface area contributed by atoms with Crippen LogP contribution < -0.4 is 10.6 Å². The molecule has 0 atom stereocenters. The number of aryl methyl sites for hydroxylation is 2. The summed E-state index contributed by atoms with van der Waals surface area (Å²) in [5.74, 6) is 0.748. The van der Waals surface area contributed by atoms with Crippen molar-refractivity contribution in [2.24, 2.45) is 0 Å². The van der Waals surface area contributed by atoms with Crippen molar-refractivity contribution < 1.29 is 0 Å². The van der Waals surface area contributed by atoms with Crippen molar-refractivity contribution in [3.05, 3.63) is 52.7 Å². The van der Waals surface area contributed by atoms with E-state index >= 15 is 0 Å². The average molecular weight is 292 g/mol. The fourth-order valence-corrected chi connectivity index (χ4v) is 1.95. The van der Waals surface area contributed by atoms with Gasteiger partial charge in [-0.2, -0.15) is 0 Å². The fourth-order valence-electron chi connectivity index (χ4n) is 1.56. The Morgan fingerprint density at radius 1 is 1.16 bits per heavy atom. The Morgan fingerprint density at radius 3 is 2.63 bits per heavy atom. The maximum atomic E-state index is 6.07. The number of rotatable bonds is 2. The Bertz CT molecular complexity index is 613. The van der Waals surface area contributed by atoms with Gasteiger partial charge in [0.2, 0.25) is 0 Å². The van der Waals surface area contributed by atoms with Crippen molar-refractivity contribution in [2.45, 2.75) is 13.8 Å². The summed E-state index contributed by atoms with van der Waals surface area (Å²) in [5, 5.41) is 7.34. The Morgan fingerprint density at radius 2 is 1.95 bits per heavy atom. The number of thiocarbonyl (C=S) groups is 1. The van der Waals surface area contributed by atoms with Crippen LogP contribution in [0.25, 0.3) is 0 Å². The van der Waals surface area contributed by atoms with Crippen LogP contribution in [-0.4, -0.2) is 10.1 Å². The first-order chi connectivity index (χ1) is 9.06. The number of pyridine rings is 1. The molecule has 0 aliphatic rings. The predicted molar refractivity (Wildman–Crippen MR) is 85.0 cm³/mol. The second-order valence-corrected chi connectivity index (χ2v) is 5.03. The number of aromatic nitrogens is 1. The van der Waals surface area contributed by atoms with Crippen LogP contribution in [0.4, 0.5) is 11.5 Å². The van der Waals surface area contributed by atoms with Gasteiger partial charge in [0, 0.05) is 16.9 Å². The molecule has 0 unspecified atom stereocenters. The van der Waals surface area contributed by atoms with Crippen molar-refractivity contribution in [1.29, 1.82) is 0 Å². The number of hydrogen-bond donors (Lipinski definition) is 2. The van der Waals surface area contributed by atoms with E-state index in [2.05, 4.69) is 15.6 Å². The highest BCUT2D eigenvalue weighted by Gasteiger charge is 2.03. The van der Waals surface area contributed by atoms with Gasteiger partial charge in [0.05, 0.1) is 0 Å². The molecular weight excluding hydrogens is 278 g/mol. The minimum atomic E-state index is 0.488. The maximum absolute atomic E-state index is 6.07. The van der Waals surface area contributed by atoms with Crippen LogP contribution in [0.3, 0.4) is 0 Å². The summed E-state index contributed by atoms with van der Waals surface area (Å²) < 4.78 is 0. The first-order valence-electron chi connectivity index (χ1n) is 5.82. The van der Waals surface area contributed by atoms with Gasteiger partial charge in [-0.05, 0) is 55.4 Å². The molecule has 0 radical (unpaired) electrons. The van der Waals surface area contributed by atoms with E-state index < -0.39 is 0 Å². The van der Waals surface area contributed by atoms with Gasteiger partial charge < -0.3 is 10.6 Å². The summed E-state index contributed by atoms with van der Waals surface area (Å²) in [7, 11) is 0. The van der Waals surface area contributed by atoms with Crippen LogP contribution in [0.1, 0.15) is 11.1 Å². The third-order valence-corrected chi connectivity index (χ3v) is 3.28. The van der Waals surface area contributed by atoms with Crippen LogP contribution in [-0.2, 0) is 0 Å². The predicted octanol–water partition coefficient (Wildman–Crippen LogP) is 4.16. The lowest BCUT2D eigenvalue weighted by Crippen LogP contribution is -2.20. The quantitative estimate of drug-likeness (QED) is 0.815. The molecule has 3 nitrogen and oxygen atoms in total. The molecule has 0 saturated heterocycles. The average Bonchev–Trinajstić information content (AvgIpc) is 2.37. The number of nitrogens with zero attached hydrogens (tertiary/aromatic N) is 1. The van der Waals surface area contributed by atoms with E-state index in [1.807, 2.05) is 44.2 Å². The summed E-state index contributed by atoms with van der Waals surface area (Å²) in [5.41, 5.74) is 2.92. The SMILES string of the molecule is Cc1ccc(NC(=S)Nc2ncccc2C)cc1Cl. The van der Waals surface area contributed by atoms with Gasteiger partial charge in [0.1, 0.15) is 5.82 Å². The minimum Gasteiger partial charge on any atom is -0.332 e. The highest BCUT2D eigenvalue weighted by molar-refractivity contribution is 7.80. The van der Waals surface area contributed by atoms with Crippen molar-refractivity contribution in [1.82, 2.24) is 4.98 Å². The van der Waals surface area contributed by atoms with E-state index in [1.165, 1.54) is 0 Å². The monoisotopic (exact) mass is 291 g/mol. The van der Waals surface area contributed by atoms with Crippen LogP contribution in [0.2, 0.25) is 5.02 Å². The van der Waals surface area contributed by atoms with E-state index in [9.17, 15) is 0 Å². The van der Waals surface area contributed by atoms with Crippen LogP contribution in [0, 0.1) is 13.8 Å². The topological polar surface area (TPSA) is 37.0 Å². The van der Waals surface area contributed by atoms with Gasteiger partial charge in [-0.15, -0.1) is 0 Å². The first kappa shape index (κ1) is 13.8. The molecule has 2 aromatic rings.